The van der Waals surface area contributed by atoms with E-state index in [9.17, 15) is 9.59 Å². The van der Waals surface area contributed by atoms with Gasteiger partial charge in [0.25, 0.3) is 0 Å². The van der Waals surface area contributed by atoms with Crippen LogP contribution in [0.2, 0.25) is 5.02 Å². The Morgan fingerprint density at radius 2 is 2.04 bits per heavy atom. The predicted molar refractivity (Wildman–Crippen MR) is 91.8 cm³/mol. The Hall–Kier alpha value is -1.99. The van der Waals surface area contributed by atoms with Gasteiger partial charge in [-0.05, 0) is 25.1 Å². The summed E-state index contributed by atoms with van der Waals surface area (Å²) < 4.78 is 10.2. The molecule has 0 spiro atoms. The van der Waals surface area contributed by atoms with Gasteiger partial charge < -0.3 is 25.2 Å². The molecule has 0 radical (unpaired) electrons. The molecule has 0 fully saturated rings. The number of carboxylic acid groups (broad SMARTS) is 1. The van der Waals surface area contributed by atoms with E-state index in [0.29, 0.717) is 23.0 Å². The lowest BCUT2D eigenvalue weighted by molar-refractivity contribution is -0.139. The van der Waals surface area contributed by atoms with Gasteiger partial charge in [0, 0.05) is 25.1 Å². The van der Waals surface area contributed by atoms with E-state index in [1.54, 1.807) is 32.2 Å². The maximum atomic E-state index is 12.1. The molecule has 1 aromatic carbocycles. The minimum Gasteiger partial charge on any atom is -0.495 e. The van der Waals surface area contributed by atoms with Crippen LogP contribution >= 0.6 is 11.6 Å². The van der Waals surface area contributed by atoms with Crippen LogP contribution in [0.5, 0.6) is 5.75 Å². The van der Waals surface area contributed by atoms with Crippen molar-refractivity contribution in [3.8, 4) is 5.75 Å². The number of amides is 1. The van der Waals surface area contributed by atoms with Crippen LogP contribution in [0.25, 0.3) is 0 Å². The fourth-order valence-corrected chi connectivity index (χ4v) is 2.48. The van der Waals surface area contributed by atoms with Gasteiger partial charge >= 0.3 is 5.97 Å². The van der Waals surface area contributed by atoms with E-state index in [-0.39, 0.29) is 25.4 Å². The number of hydrogen-bond acceptors (Lipinski definition) is 5. The fraction of sp³-hybridized carbons (Fsp3) is 0.500. The molecule has 0 aromatic heterocycles. The second kappa shape index (κ2) is 9.34. The summed E-state index contributed by atoms with van der Waals surface area (Å²) in [6.07, 6.45) is -0.0588. The first-order valence-electron chi connectivity index (χ1n) is 7.39. The number of benzene rings is 1. The molecule has 1 aromatic rings. The van der Waals surface area contributed by atoms with Crippen LogP contribution in [-0.2, 0) is 14.3 Å². The molecule has 0 aliphatic carbocycles. The van der Waals surface area contributed by atoms with Crippen LogP contribution in [0.15, 0.2) is 18.2 Å². The Balaban J connectivity index is 2.56. The van der Waals surface area contributed by atoms with Crippen LogP contribution < -0.4 is 15.4 Å². The number of carboxylic acids is 1. The first kappa shape index (κ1) is 20.1. The molecular formula is C16H23ClN2O5. The summed E-state index contributed by atoms with van der Waals surface area (Å²) in [6.45, 7) is 2.09. The van der Waals surface area contributed by atoms with Crippen molar-refractivity contribution < 1.29 is 24.2 Å². The summed E-state index contributed by atoms with van der Waals surface area (Å²) in [5.74, 6) is -0.657. The highest BCUT2D eigenvalue weighted by molar-refractivity contribution is 6.30. The average Bonchev–Trinajstić information content (AvgIpc) is 2.46. The average molecular weight is 359 g/mol. The Bertz CT molecular complexity index is 582. The topological polar surface area (TPSA) is 96.9 Å². The molecule has 0 aliphatic heterocycles. The lowest BCUT2D eigenvalue weighted by Gasteiger charge is -2.28. The number of hydrogen-bond donors (Lipinski definition) is 3. The summed E-state index contributed by atoms with van der Waals surface area (Å²) in [7, 11) is 3.00. The zero-order chi connectivity index (χ0) is 18.2. The largest absolute Gasteiger partial charge is 0.495 e. The minimum absolute atomic E-state index is 0.112. The van der Waals surface area contributed by atoms with E-state index in [1.165, 1.54) is 7.11 Å². The predicted octanol–water partition coefficient (Wildman–Crippen LogP) is 2.15. The first-order chi connectivity index (χ1) is 11.3. The number of aliphatic carboxylic acids is 1. The van der Waals surface area contributed by atoms with Crippen molar-refractivity contribution in [2.75, 3.05) is 32.7 Å². The van der Waals surface area contributed by atoms with E-state index < -0.39 is 11.5 Å². The molecule has 24 heavy (non-hydrogen) atoms. The highest BCUT2D eigenvalue weighted by Gasteiger charge is 2.29. The number of rotatable bonds is 10. The number of halogens is 1. The van der Waals surface area contributed by atoms with Gasteiger partial charge in [-0.25, -0.2) is 0 Å². The molecule has 134 valence electrons. The maximum absolute atomic E-state index is 12.1. The van der Waals surface area contributed by atoms with Crippen LogP contribution in [0.1, 0.15) is 19.8 Å². The van der Waals surface area contributed by atoms with E-state index in [1.807, 2.05) is 0 Å². The van der Waals surface area contributed by atoms with Gasteiger partial charge in [-0.3, -0.25) is 9.59 Å². The molecule has 0 heterocycles. The smallest absolute Gasteiger partial charge is 0.305 e. The van der Waals surface area contributed by atoms with Crippen molar-refractivity contribution in [2.24, 2.45) is 0 Å². The van der Waals surface area contributed by atoms with Crippen molar-refractivity contribution in [1.82, 2.24) is 5.32 Å². The zero-order valence-electron chi connectivity index (χ0n) is 14.0. The number of nitrogens with one attached hydrogen (secondary N) is 2. The highest BCUT2D eigenvalue weighted by Crippen LogP contribution is 2.27. The van der Waals surface area contributed by atoms with Crippen molar-refractivity contribution >= 4 is 29.2 Å². The molecule has 0 saturated heterocycles. The van der Waals surface area contributed by atoms with Gasteiger partial charge in [0.05, 0.1) is 31.4 Å². The number of carbonyl (C=O) groups excluding carboxylic acids is 1. The molecule has 1 unspecified atom stereocenters. The lowest BCUT2D eigenvalue weighted by Crippen LogP contribution is -2.51. The van der Waals surface area contributed by atoms with Crippen LogP contribution in [-0.4, -0.2) is 49.9 Å². The normalized spacial score (nSPS) is 13.0. The number of ether oxygens (including phenoxy) is 2. The molecule has 7 nitrogen and oxygen atoms in total. The molecule has 0 aliphatic rings. The third-order valence-electron chi connectivity index (χ3n) is 3.27. The van der Waals surface area contributed by atoms with Gasteiger partial charge in [0.1, 0.15) is 5.75 Å². The third kappa shape index (κ3) is 6.64. The van der Waals surface area contributed by atoms with Crippen molar-refractivity contribution in [3.63, 3.8) is 0 Å². The summed E-state index contributed by atoms with van der Waals surface area (Å²) in [5.41, 5.74) is -0.270. The molecule has 1 rings (SSSR count). The second-order valence-corrected chi connectivity index (χ2v) is 6.07. The van der Waals surface area contributed by atoms with Gasteiger partial charge in [0.2, 0.25) is 5.91 Å². The summed E-state index contributed by atoms with van der Waals surface area (Å²) in [4.78, 5) is 23.0. The fourth-order valence-electron chi connectivity index (χ4n) is 2.31. The molecule has 1 atom stereocenters. The summed E-state index contributed by atoms with van der Waals surface area (Å²) in [6, 6.07) is 5.14. The molecule has 1 amide bonds. The summed E-state index contributed by atoms with van der Waals surface area (Å²) >= 11 is 5.94. The standard InChI is InChI=1S/C16H23ClN2O5/c1-16(10-23-2,9-15(21)22)19-14(20)6-7-18-12-8-11(17)4-5-13(12)24-3/h4-5,8,18H,6-7,9-10H2,1-3H3,(H,19,20)(H,21,22). The number of carbonyl (C=O) groups is 2. The maximum Gasteiger partial charge on any atom is 0.305 e. The minimum atomic E-state index is -1.00. The Morgan fingerprint density at radius 3 is 2.62 bits per heavy atom. The highest BCUT2D eigenvalue weighted by atomic mass is 35.5. The zero-order valence-corrected chi connectivity index (χ0v) is 14.8. The van der Waals surface area contributed by atoms with E-state index in [4.69, 9.17) is 26.2 Å². The Kier molecular flexibility index (Phi) is 7.81. The second-order valence-electron chi connectivity index (χ2n) is 5.63. The van der Waals surface area contributed by atoms with E-state index in [2.05, 4.69) is 10.6 Å². The molecule has 0 saturated carbocycles. The number of anilines is 1. The van der Waals surface area contributed by atoms with Gasteiger partial charge in [-0.1, -0.05) is 11.6 Å². The van der Waals surface area contributed by atoms with Crippen LogP contribution in [0.4, 0.5) is 5.69 Å². The van der Waals surface area contributed by atoms with Crippen molar-refractivity contribution in [2.45, 2.75) is 25.3 Å². The Morgan fingerprint density at radius 1 is 1.33 bits per heavy atom. The molecular weight excluding hydrogens is 336 g/mol. The van der Waals surface area contributed by atoms with Gasteiger partial charge in [0.15, 0.2) is 0 Å². The van der Waals surface area contributed by atoms with E-state index in [0.717, 1.165) is 0 Å². The van der Waals surface area contributed by atoms with Crippen LogP contribution in [0, 0.1) is 0 Å². The number of methoxy groups -OCH3 is 2. The van der Waals surface area contributed by atoms with Crippen molar-refractivity contribution in [1.29, 1.82) is 0 Å². The quantitative estimate of drug-likeness (QED) is 0.593. The summed E-state index contributed by atoms with van der Waals surface area (Å²) in [5, 5.41) is 15.3. The molecule has 0 bridgehead atoms. The first-order valence-corrected chi connectivity index (χ1v) is 7.76. The third-order valence-corrected chi connectivity index (χ3v) is 3.51. The SMILES string of the molecule is COCC(C)(CC(=O)O)NC(=O)CCNc1cc(Cl)ccc1OC. The van der Waals surface area contributed by atoms with Gasteiger partial charge in [-0.2, -0.15) is 0 Å². The molecule has 8 heteroatoms. The Labute approximate surface area is 146 Å². The lowest BCUT2D eigenvalue weighted by atomic mass is 9.98. The van der Waals surface area contributed by atoms with Crippen molar-refractivity contribution in [3.05, 3.63) is 23.2 Å². The van der Waals surface area contributed by atoms with Crippen LogP contribution in [0.3, 0.4) is 0 Å². The molecule has 3 N–H and O–H groups in total. The monoisotopic (exact) mass is 358 g/mol. The van der Waals surface area contributed by atoms with Gasteiger partial charge in [-0.15, -0.1) is 0 Å². The van der Waals surface area contributed by atoms with E-state index >= 15 is 0 Å².